The molecule has 16 heavy (non-hydrogen) atoms. The van der Waals surface area contributed by atoms with Gasteiger partial charge in [-0.1, -0.05) is 47.0 Å². The van der Waals surface area contributed by atoms with Crippen LogP contribution in [0.15, 0.2) is 35.2 Å². The first kappa shape index (κ1) is 12.1. The summed E-state index contributed by atoms with van der Waals surface area (Å²) in [5.74, 6) is 0. The van der Waals surface area contributed by atoms with Gasteiger partial charge in [-0.3, -0.25) is 0 Å². The highest BCUT2D eigenvalue weighted by Crippen LogP contribution is 2.32. The molecule has 0 radical (unpaired) electrons. The van der Waals surface area contributed by atoms with Gasteiger partial charge in [-0.15, -0.1) is 0 Å². The standard InChI is InChI=1S/C12H15BrO2S/c13-11-8-4-5-9-12(11)16(14,15)10-6-2-1-3-7-10/h1-3,6-7,11-12H,4-5,8-9H2. The topological polar surface area (TPSA) is 34.1 Å². The normalized spacial score (nSPS) is 26.6. The lowest BCUT2D eigenvalue weighted by Crippen LogP contribution is -2.33. The Morgan fingerprint density at radius 2 is 1.69 bits per heavy atom. The molecule has 2 unspecified atom stereocenters. The van der Waals surface area contributed by atoms with E-state index < -0.39 is 9.84 Å². The summed E-state index contributed by atoms with van der Waals surface area (Å²) in [5, 5.41) is -0.261. The third-order valence-corrected chi connectivity index (χ3v) is 6.83. The molecule has 0 bridgehead atoms. The molecule has 2 atom stereocenters. The maximum Gasteiger partial charge on any atom is 0.182 e. The van der Waals surface area contributed by atoms with Gasteiger partial charge in [0.15, 0.2) is 9.84 Å². The van der Waals surface area contributed by atoms with Crippen LogP contribution in [-0.4, -0.2) is 18.5 Å². The van der Waals surface area contributed by atoms with Crippen LogP contribution in [0.3, 0.4) is 0 Å². The highest BCUT2D eigenvalue weighted by atomic mass is 79.9. The van der Waals surface area contributed by atoms with Crippen LogP contribution in [0.5, 0.6) is 0 Å². The number of hydrogen-bond acceptors (Lipinski definition) is 2. The second kappa shape index (κ2) is 4.88. The largest absolute Gasteiger partial charge is 0.223 e. The van der Waals surface area contributed by atoms with Crippen LogP contribution in [0.2, 0.25) is 0 Å². The summed E-state index contributed by atoms with van der Waals surface area (Å²) in [6.45, 7) is 0. The first-order valence-corrected chi connectivity index (χ1v) is 8.01. The minimum Gasteiger partial charge on any atom is -0.223 e. The maximum atomic E-state index is 12.4. The fourth-order valence-corrected chi connectivity index (χ4v) is 5.51. The van der Waals surface area contributed by atoms with Gasteiger partial charge in [0.05, 0.1) is 10.1 Å². The average Bonchev–Trinajstić information content (AvgIpc) is 2.30. The third kappa shape index (κ3) is 2.33. The number of hydrogen-bond donors (Lipinski definition) is 0. The van der Waals surface area contributed by atoms with Crippen molar-refractivity contribution in [1.82, 2.24) is 0 Å². The number of sulfone groups is 1. The van der Waals surface area contributed by atoms with Crippen molar-refractivity contribution >= 4 is 25.8 Å². The molecule has 4 heteroatoms. The smallest absolute Gasteiger partial charge is 0.182 e. The van der Waals surface area contributed by atoms with Gasteiger partial charge in [0, 0.05) is 4.83 Å². The minimum atomic E-state index is -3.16. The van der Waals surface area contributed by atoms with E-state index in [1.165, 1.54) is 0 Å². The Balaban J connectivity index is 2.32. The number of rotatable bonds is 2. The fourth-order valence-electron chi connectivity index (χ4n) is 2.19. The number of alkyl halides is 1. The van der Waals surface area contributed by atoms with Crippen molar-refractivity contribution in [3.8, 4) is 0 Å². The summed E-state index contributed by atoms with van der Waals surface area (Å²) >= 11 is 3.51. The highest BCUT2D eigenvalue weighted by molar-refractivity contribution is 9.09. The predicted octanol–water partition coefficient (Wildman–Crippen LogP) is 3.17. The SMILES string of the molecule is O=S(=O)(c1ccccc1)C1CCCCC1Br. The van der Waals surface area contributed by atoms with Crippen LogP contribution in [-0.2, 0) is 9.84 Å². The number of benzene rings is 1. The average molecular weight is 303 g/mol. The molecule has 1 aromatic rings. The molecule has 1 saturated carbocycles. The van der Waals surface area contributed by atoms with Crippen molar-refractivity contribution < 1.29 is 8.42 Å². The summed E-state index contributed by atoms with van der Waals surface area (Å²) in [6, 6.07) is 8.76. The Bertz CT molecular complexity index is 441. The Kier molecular flexibility index (Phi) is 3.70. The van der Waals surface area contributed by atoms with Gasteiger partial charge in [0.25, 0.3) is 0 Å². The molecule has 2 nitrogen and oxygen atoms in total. The van der Waals surface area contributed by atoms with Crippen LogP contribution in [0, 0.1) is 0 Å². The molecule has 1 aliphatic carbocycles. The zero-order valence-corrected chi connectivity index (χ0v) is 11.4. The van der Waals surface area contributed by atoms with Gasteiger partial charge < -0.3 is 0 Å². The predicted molar refractivity (Wildman–Crippen MR) is 68.6 cm³/mol. The molecule has 0 aliphatic heterocycles. The quantitative estimate of drug-likeness (QED) is 0.786. The lowest BCUT2D eigenvalue weighted by atomic mass is 10.0. The third-order valence-electron chi connectivity index (χ3n) is 3.09. The lowest BCUT2D eigenvalue weighted by molar-refractivity contribution is 0.497. The van der Waals surface area contributed by atoms with Crippen molar-refractivity contribution in [1.29, 1.82) is 0 Å². The maximum absolute atomic E-state index is 12.4. The van der Waals surface area contributed by atoms with Crippen molar-refractivity contribution in [2.45, 2.75) is 40.7 Å². The van der Waals surface area contributed by atoms with E-state index in [2.05, 4.69) is 15.9 Å². The molecule has 2 rings (SSSR count). The monoisotopic (exact) mass is 302 g/mol. The molecule has 0 N–H and O–H groups in total. The van der Waals surface area contributed by atoms with Crippen molar-refractivity contribution in [3.63, 3.8) is 0 Å². The molecule has 0 heterocycles. The summed E-state index contributed by atoms with van der Waals surface area (Å²) in [4.78, 5) is 0.554. The summed E-state index contributed by atoms with van der Waals surface area (Å²) < 4.78 is 24.7. The van der Waals surface area contributed by atoms with E-state index in [-0.39, 0.29) is 10.1 Å². The summed E-state index contributed by atoms with van der Waals surface area (Å²) in [5.41, 5.74) is 0. The molecule has 0 spiro atoms. The summed E-state index contributed by atoms with van der Waals surface area (Å²) in [7, 11) is -3.16. The van der Waals surface area contributed by atoms with E-state index >= 15 is 0 Å². The van der Waals surface area contributed by atoms with Gasteiger partial charge >= 0.3 is 0 Å². The molecular formula is C12H15BrO2S. The van der Waals surface area contributed by atoms with E-state index in [4.69, 9.17) is 0 Å². The van der Waals surface area contributed by atoms with Crippen LogP contribution in [0.25, 0.3) is 0 Å². The van der Waals surface area contributed by atoms with Crippen LogP contribution >= 0.6 is 15.9 Å². The lowest BCUT2D eigenvalue weighted by Gasteiger charge is -2.27. The van der Waals surface area contributed by atoms with Gasteiger partial charge in [0.1, 0.15) is 0 Å². The van der Waals surface area contributed by atoms with Crippen molar-refractivity contribution in [2.24, 2.45) is 0 Å². The van der Waals surface area contributed by atoms with Gasteiger partial charge in [-0.2, -0.15) is 0 Å². The zero-order valence-electron chi connectivity index (χ0n) is 8.97. The molecule has 0 aromatic heterocycles. The molecule has 1 fully saturated rings. The van der Waals surface area contributed by atoms with Crippen molar-refractivity contribution in [3.05, 3.63) is 30.3 Å². The summed E-state index contributed by atoms with van der Waals surface area (Å²) in [6.07, 6.45) is 3.86. The van der Waals surface area contributed by atoms with E-state index in [1.54, 1.807) is 24.3 Å². The van der Waals surface area contributed by atoms with Crippen LogP contribution in [0.4, 0.5) is 0 Å². The Labute approximate surface area is 105 Å². The van der Waals surface area contributed by atoms with Crippen LogP contribution in [0.1, 0.15) is 25.7 Å². The van der Waals surface area contributed by atoms with Crippen LogP contribution < -0.4 is 0 Å². The molecule has 1 aromatic carbocycles. The van der Waals surface area contributed by atoms with Crippen molar-refractivity contribution in [2.75, 3.05) is 0 Å². The Hall–Kier alpha value is -0.350. The molecule has 0 amide bonds. The second-order valence-electron chi connectivity index (χ2n) is 4.20. The van der Waals surface area contributed by atoms with Gasteiger partial charge in [-0.05, 0) is 25.0 Å². The molecule has 0 saturated heterocycles. The Morgan fingerprint density at radius 1 is 1.06 bits per heavy atom. The Morgan fingerprint density at radius 3 is 2.31 bits per heavy atom. The second-order valence-corrected chi connectivity index (χ2v) is 7.54. The highest BCUT2D eigenvalue weighted by Gasteiger charge is 2.34. The minimum absolute atomic E-state index is 0.103. The van der Waals surface area contributed by atoms with Gasteiger partial charge in [-0.25, -0.2) is 8.42 Å². The fraction of sp³-hybridized carbons (Fsp3) is 0.500. The number of halogens is 1. The van der Waals surface area contributed by atoms with E-state index in [9.17, 15) is 8.42 Å². The molecule has 88 valence electrons. The van der Waals surface area contributed by atoms with E-state index in [0.29, 0.717) is 4.90 Å². The first-order valence-electron chi connectivity index (χ1n) is 5.55. The van der Waals surface area contributed by atoms with E-state index in [1.807, 2.05) is 6.07 Å². The zero-order chi connectivity index (χ0) is 11.6. The molecular weight excluding hydrogens is 288 g/mol. The van der Waals surface area contributed by atoms with Gasteiger partial charge in [0.2, 0.25) is 0 Å². The van der Waals surface area contributed by atoms with E-state index in [0.717, 1.165) is 25.7 Å². The first-order chi connectivity index (χ1) is 7.62. The molecule has 1 aliphatic rings.